The number of aromatic nitrogens is 3. The van der Waals surface area contributed by atoms with Gasteiger partial charge in [0.25, 0.3) is 5.91 Å². The molecule has 1 N–H and O–H groups in total. The number of thioether (sulfide) groups is 1. The molecule has 0 unspecified atom stereocenters. The van der Waals surface area contributed by atoms with E-state index in [9.17, 15) is 4.79 Å². The molecule has 0 bridgehead atoms. The van der Waals surface area contributed by atoms with Crippen molar-refractivity contribution in [1.29, 1.82) is 0 Å². The fourth-order valence-electron chi connectivity index (χ4n) is 3.48. The van der Waals surface area contributed by atoms with E-state index in [2.05, 4.69) is 65.8 Å². The number of carbonyl (C=O) groups is 1. The summed E-state index contributed by atoms with van der Waals surface area (Å²) < 4.78 is 12.5. The molecule has 0 aliphatic rings. The average Bonchev–Trinajstić information content (AvgIpc) is 3.56. The molecule has 0 aliphatic heterocycles. The standard InChI is InChI=1S/C27H29N5O3S/c1-18(23-7-6-16-35-23)28-29-24(33)17-36-26-31-30-25(19-8-10-20(11-9-19)27(2,3)4)32(26)21-12-14-22(34-5)15-13-21/h6-16H,17H2,1-5H3,(H,29,33). The Morgan fingerprint density at radius 1 is 1.08 bits per heavy atom. The van der Waals surface area contributed by atoms with Gasteiger partial charge in [0, 0.05) is 11.3 Å². The minimum absolute atomic E-state index is 0.0499. The third-order valence-corrected chi connectivity index (χ3v) is 6.46. The molecule has 0 spiro atoms. The van der Waals surface area contributed by atoms with E-state index in [-0.39, 0.29) is 17.1 Å². The Morgan fingerprint density at radius 3 is 2.42 bits per heavy atom. The molecule has 0 saturated heterocycles. The summed E-state index contributed by atoms with van der Waals surface area (Å²) in [7, 11) is 1.63. The molecular weight excluding hydrogens is 474 g/mol. The smallest absolute Gasteiger partial charge is 0.250 e. The van der Waals surface area contributed by atoms with Crippen LogP contribution in [0.5, 0.6) is 5.75 Å². The monoisotopic (exact) mass is 503 g/mol. The molecule has 2 heterocycles. The van der Waals surface area contributed by atoms with Gasteiger partial charge in [-0.05, 0) is 54.3 Å². The summed E-state index contributed by atoms with van der Waals surface area (Å²) in [6, 6.07) is 19.5. The van der Waals surface area contributed by atoms with Crippen LogP contribution in [-0.2, 0) is 10.2 Å². The van der Waals surface area contributed by atoms with Gasteiger partial charge in [0.2, 0.25) is 0 Å². The highest BCUT2D eigenvalue weighted by molar-refractivity contribution is 7.99. The fourth-order valence-corrected chi connectivity index (χ4v) is 4.23. The summed E-state index contributed by atoms with van der Waals surface area (Å²) >= 11 is 1.29. The van der Waals surface area contributed by atoms with Gasteiger partial charge in [-0.1, -0.05) is 56.8 Å². The number of nitrogens with zero attached hydrogens (tertiary/aromatic N) is 4. The summed E-state index contributed by atoms with van der Waals surface area (Å²) in [5.41, 5.74) is 6.23. The molecule has 1 amide bonds. The molecule has 4 rings (SSSR count). The number of benzene rings is 2. The van der Waals surface area contributed by atoms with E-state index in [1.165, 1.54) is 17.3 Å². The molecule has 9 heteroatoms. The molecule has 36 heavy (non-hydrogen) atoms. The first kappa shape index (κ1) is 25.2. The van der Waals surface area contributed by atoms with Crippen molar-refractivity contribution in [2.24, 2.45) is 5.10 Å². The topological polar surface area (TPSA) is 94.5 Å². The first-order chi connectivity index (χ1) is 17.3. The van der Waals surface area contributed by atoms with Crippen molar-refractivity contribution in [3.8, 4) is 22.8 Å². The van der Waals surface area contributed by atoms with Gasteiger partial charge in [-0.2, -0.15) is 5.10 Å². The van der Waals surface area contributed by atoms with Crippen LogP contribution in [0.15, 0.2) is 81.6 Å². The van der Waals surface area contributed by atoms with Crippen molar-refractivity contribution in [3.63, 3.8) is 0 Å². The summed E-state index contributed by atoms with van der Waals surface area (Å²) in [4.78, 5) is 12.5. The van der Waals surface area contributed by atoms with E-state index in [1.54, 1.807) is 32.4 Å². The first-order valence-corrected chi connectivity index (χ1v) is 12.5. The molecule has 186 valence electrons. The molecule has 8 nitrogen and oxygen atoms in total. The van der Waals surface area contributed by atoms with Crippen molar-refractivity contribution in [2.45, 2.75) is 38.3 Å². The molecule has 0 saturated carbocycles. The highest BCUT2D eigenvalue weighted by Gasteiger charge is 2.19. The molecular formula is C27H29N5O3S. The SMILES string of the molecule is COc1ccc(-n2c(SCC(=O)NN=C(C)c3ccco3)nnc2-c2ccc(C(C)(C)C)cc2)cc1. The lowest BCUT2D eigenvalue weighted by atomic mass is 9.87. The summed E-state index contributed by atoms with van der Waals surface area (Å²) in [6.07, 6.45) is 1.56. The number of furan rings is 1. The number of hydrogen-bond acceptors (Lipinski definition) is 7. The van der Waals surface area contributed by atoms with Crippen LogP contribution in [0.1, 0.15) is 39.0 Å². The predicted octanol–water partition coefficient (Wildman–Crippen LogP) is 5.47. The van der Waals surface area contributed by atoms with Crippen LogP contribution < -0.4 is 10.2 Å². The number of carbonyl (C=O) groups excluding carboxylic acids is 1. The van der Waals surface area contributed by atoms with Gasteiger partial charge in [-0.25, -0.2) is 5.43 Å². The van der Waals surface area contributed by atoms with Gasteiger partial charge >= 0.3 is 0 Å². The number of hydrazone groups is 1. The van der Waals surface area contributed by atoms with E-state index < -0.39 is 0 Å². The normalized spacial score (nSPS) is 12.0. The van der Waals surface area contributed by atoms with Gasteiger partial charge in [-0.15, -0.1) is 10.2 Å². The van der Waals surface area contributed by atoms with Crippen LogP contribution in [0.2, 0.25) is 0 Å². The fraction of sp³-hybridized carbons (Fsp3) is 0.259. The van der Waals surface area contributed by atoms with E-state index in [0.717, 1.165) is 17.0 Å². The van der Waals surface area contributed by atoms with Crippen molar-refractivity contribution in [1.82, 2.24) is 20.2 Å². The zero-order chi connectivity index (χ0) is 25.7. The molecule has 2 aromatic heterocycles. The second-order valence-corrected chi connectivity index (χ2v) is 10.1. The zero-order valence-electron chi connectivity index (χ0n) is 21.0. The Morgan fingerprint density at radius 2 is 1.81 bits per heavy atom. The maximum absolute atomic E-state index is 12.5. The average molecular weight is 504 g/mol. The minimum atomic E-state index is -0.258. The van der Waals surface area contributed by atoms with Crippen LogP contribution in [-0.4, -0.2) is 39.2 Å². The molecule has 0 fully saturated rings. The minimum Gasteiger partial charge on any atom is -0.497 e. The quantitative estimate of drug-likeness (QED) is 0.195. The van der Waals surface area contributed by atoms with Crippen LogP contribution in [0.3, 0.4) is 0 Å². The number of rotatable bonds is 8. The van der Waals surface area contributed by atoms with Crippen molar-refractivity contribution in [2.75, 3.05) is 12.9 Å². The van der Waals surface area contributed by atoms with Crippen LogP contribution in [0.25, 0.3) is 17.1 Å². The second kappa shape index (κ2) is 10.8. The van der Waals surface area contributed by atoms with Crippen molar-refractivity contribution < 1.29 is 13.9 Å². The number of methoxy groups -OCH3 is 1. The predicted molar refractivity (Wildman–Crippen MR) is 142 cm³/mol. The Labute approximate surface area is 214 Å². The van der Waals surface area contributed by atoms with Crippen LogP contribution >= 0.6 is 11.8 Å². The summed E-state index contributed by atoms with van der Waals surface area (Å²) in [5.74, 6) is 1.90. The van der Waals surface area contributed by atoms with E-state index in [4.69, 9.17) is 9.15 Å². The highest BCUT2D eigenvalue weighted by Crippen LogP contribution is 2.30. The Bertz CT molecular complexity index is 1340. The van der Waals surface area contributed by atoms with E-state index in [1.807, 2.05) is 28.8 Å². The number of ether oxygens (including phenoxy) is 1. The van der Waals surface area contributed by atoms with Gasteiger partial charge < -0.3 is 9.15 Å². The lowest BCUT2D eigenvalue weighted by molar-refractivity contribution is -0.118. The third-order valence-electron chi connectivity index (χ3n) is 5.53. The van der Waals surface area contributed by atoms with Gasteiger partial charge in [0.1, 0.15) is 17.2 Å². The molecule has 2 aromatic carbocycles. The molecule has 0 radical (unpaired) electrons. The summed E-state index contributed by atoms with van der Waals surface area (Å²) in [5, 5.41) is 13.6. The molecule has 0 atom stereocenters. The van der Waals surface area contributed by atoms with Crippen LogP contribution in [0, 0.1) is 0 Å². The van der Waals surface area contributed by atoms with Gasteiger partial charge in [0.05, 0.1) is 19.1 Å². The lowest BCUT2D eigenvalue weighted by Crippen LogP contribution is -2.21. The van der Waals surface area contributed by atoms with Crippen molar-refractivity contribution in [3.05, 3.63) is 78.3 Å². The number of amides is 1. The maximum Gasteiger partial charge on any atom is 0.250 e. The van der Waals surface area contributed by atoms with E-state index in [0.29, 0.717) is 22.5 Å². The molecule has 0 aliphatic carbocycles. The maximum atomic E-state index is 12.5. The number of hydrogen-bond donors (Lipinski definition) is 1. The second-order valence-electron chi connectivity index (χ2n) is 9.17. The Hall–Kier alpha value is -3.85. The zero-order valence-corrected chi connectivity index (χ0v) is 21.8. The Balaban J connectivity index is 1.58. The lowest BCUT2D eigenvalue weighted by Gasteiger charge is -2.19. The Kier molecular flexibility index (Phi) is 7.59. The third kappa shape index (κ3) is 5.85. The molecule has 4 aromatic rings. The van der Waals surface area contributed by atoms with Gasteiger partial charge in [-0.3, -0.25) is 9.36 Å². The summed E-state index contributed by atoms with van der Waals surface area (Å²) in [6.45, 7) is 8.31. The van der Waals surface area contributed by atoms with Crippen molar-refractivity contribution >= 4 is 23.4 Å². The van der Waals surface area contributed by atoms with E-state index >= 15 is 0 Å². The number of nitrogens with one attached hydrogen (secondary N) is 1. The first-order valence-electron chi connectivity index (χ1n) is 11.5. The highest BCUT2D eigenvalue weighted by atomic mass is 32.2. The van der Waals surface area contributed by atoms with Gasteiger partial charge in [0.15, 0.2) is 11.0 Å². The largest absolute Gasteiger partial charge is 0.497 e. The van der Waals surface area contributed by atoms with Crippen LogP contribution in [0.4, 0.5) is 0 Å².